The summed E-state index contributed by atoms with van der Waals surface area (Å²) in [7, 11) is 0. The fourth-order valence-corrected chi connectivity index (χ4v) is 4.20. The standard InChI is InChI=1S/C21H24ClFN6O4/c22-18-17(11-24-27-19(18)30)29-9-6-16(12-29)33-21(32)26-14-4-7-28(8-5-14)20(31)25-15-3-1-2-13(23)10-15/h1-3,10-11,14,16H,4-9,12H2,(H,25,31)(H,26,32)(H,27,30)/t16-/m1/s1. The molecule has 0 aliphatic carbocycles. The van der Waals surface area contributed by atoms with Crippen molar-refractivity contribution in [3.63, 3.8) is 0 Å². The molecule has 2 aromatic rings. The lowest BCUT2D eigenvalue weighted by atomic mass is 10.1. The van der Waals surface area contributed by atoms with Crippen molar-refractivity contribution in [2.45, 2.75) is 31.4 Å². The van der Waals surface area contributed by atoms with Crippen molar-refractivity contribution in [1.29, 1.82) is 0 Å². The van der Waals surface area contributed by atoms with Crippen molar-refractivity contribution in [2.75, 3.05) is 36.4 Å². The number of alkyl carbamates (subject to hydrolysis) is 1. The molecule has 2 aliphatic rings. The number of aromatic nitrogens is 2. The van der Waals surface area contributed by atoms with Crippen LogP contribution in [0.4, 0.5) is 25.4 Å². The number of amides is 3. The number of likely N-dealkylation sites (tertiary alicyclic amines) is 1. The summed E-state index contributed by atoms with van der Waals surface area (Å²) < 4.78 is 18.8. The van der Waals surface area contributed by atoms with Crippen molar-refractivity contribution < 1.29 is 18.7 Å². The van der Waals surface area contributed by atoms with Gasteiger partial charge in [0.1, 0.15) is 16.9 Å². The number of H-pyrrole nitrogens is 1. The van der Waals surface area contributed by atoms with Crippen molar-refractivity contribution in [3.05, 3.63) is 51.7 Å². The van der Waals surface area contributed by atoms with E-state index >= 15 is 0 Å². The lowest BCUT2D eigenvalue weighted by molar-refractivity contribution is 0.101. The first-order valence-electron chi connectivity index (χ1n) is 10.7. The molecule has 1 aromatic carbocycles. The number of nitrogens with one attached hydrogen (secondary N) is 3. The lowest BCUT2D eigenvalue weighted by Crippen LogP contribution is -2.48. The Morgan fingerprint density at radius 2 is 2.00 bits per heavy atom. The van der Waals surface area contributed by atoms with Gasteiger partial charge in [-0.2, -0.15) is 5.10 Å². The number of nitrogens with zero attached hydrogens (tertiary/aromatic N) is 3. The van der Waals surface area contributed by atoms with E-state index in [0.29, 0.717) is 56.8 Å². The third-order valence-electron chi connectivity index (χ3n) is 5.72. The number of hydrogen-bond donors (Lipinski definition) is 3. The molecule has 33 heavy (non-hydrogen) atoms. The quantitative estimate of drug-likeness (QED) is 0.621. The van der Waals surface area contributed by atoms with Gasteiger partial charge in [0.05, 0.1) is 18.4 Å². The molecular weight excluding hydrogens is 455 g/mol. The average molecular weight is 479 g/mol. The number of halogens is 2. The van der Waals surface area contributed by atoms with Crippen LogP contribution in [0.1, 0.15) is 19.3 Å². The van der Waals surface area contributed by atoms with Crippen LogP contribution in [0.5, 0.6) is 0 Å². The van der Waals surface area contributed by atoms with Gasteiger partial charge in [-0.1, -0.05) is 17.7 Å². The molecule has 0 unspecified atom stereocenters. The molecule has 0 radical (unpaired) electrons. The summed E-state index contributed by atoms with van der Waals surface area (Å²) in [6.07, 6.45) is 2.39. The number of carbonyl (C=O) groups excluding carboxylic acids is 2. The Morgan fingerprint density at radius 3 is 2.76 bits per heavy atom. The Morgan fingerprint density at radius 1 is 1.21 bits per heavy atom. The second kappa shape index (κ2) is 10.1. The number of benzene rings is 1. The SMILES string of the molecule is O=C(NC1CCN(C(=O)Nc2cccc(F)c2)CC1)O[C@@H]1CCN(c2cn[nH]c(=O)c2Cl)C1. The van der Waals surface area contributed by atoms with E-state index in [2.05, 4.69) is 20.8 Å². The fraction of sp³-hybridized carbons (Fsp3) is 0.429. The Balaban J connectivity index is 1.20. The second-order valence-electron chi connectivity index (χ2n) is 8.01. The molecule has 1 aromatic heterocycles. The van der Waals surface area contributed by atoms with E-state index < -0.39 is 17.5 Å². The molecule has 2 saturated heterocycles. The van der Waals surface area contributed by atoms with E-state index in [1.807, 2.05) is 4.90 Å². The number of hydrogen-bond acceptors (Lipinski definition) is 6. The fourth-order valence-electron chi connectivity index (χ4n) is 3.99. The van der Waals surface area contributed by atoms with E-state index in [0.717, 1.165) is 0 Å². The van der Waals surface area contributed by atoms with Gasteiger partial charge < -0.3 is 25.2 Å². The van der Waals surface area contributed by atoms with Gasteiger partial charge in [0, 0.05) is 37.8 Å². The Labute approximate surface area is 194 Å². The zero-order chi connectivity index (χ0) is 23.4. The highest BCUT2D eigenvalue weighted by atomic mass is 35.5. The van der Waals surface area contributed by atoms with Crippen LogP contribution in [0.15, 0.2) is 35.3 Å². The van der Waals surface area contributed by atoms with Crippen molar-refractivity contribution in [3.8, 4) is 0 Å². The highest BCUT2D eigenvalue weighted by Gasteiger charge is 2.29. The van der Waals surface area contributed by atoms with Gasteiger partial charge in [0.25, 0.3) is 5.56 Å². The normalized spacial score (nSPS) is 18.8. The van der Waals surface area contributed by atoms with Gasteiger partial charge in [-0.3, -0.25) is 4.79 Å². The highest BCUT2D eigenvalue weighted by molar-refractivity contribution is 6.33. The summed E-state index contributed by atoms with van der Waals surface area (Å²) in [6, 6.07) is 5.30. The predicted octanol–water partition coefficient (Wildman–Crippen LogP) is 2.56. The largest absolute Gasteiger partial charge is 0.444 e. The zero-order valence-electron chi connectivity index (χ0n) is 17.7. The summed E-state index contributed by atoms with van der Waals surface area (Å²) in [5.41, 5.74) is 0.440. The molecule has 176 valence electrons. The smallest absolute Gasteiger partial charge is 0.407 e. The Bertz CT molecular complexity index is 1070. The Kier molecular flexibility index (Phi) is 6.97. The van der Waals surface area contributed by atoms with Gasteiger partial charge in [-0.25, -0.2) is 19.1 Å². The molecule has 0 spiro atoms. The highest BCUT2D eigenvalue weighted by Crippen LogP contribution is 2.26. The first-order valence-corrected chi connectivity index (χ1v) is 11.0. The molecular formula is C21H24ClFN6O4. The summed E-state index contributed by atoms with van der Waals surface area (Å²) in [5.74, 6) is -0.420. The van der Waals surface area contributed by atoms with Crippen LogP contribution in [0, 0.1) is 5.82 Å². The minimum atomic E-state index is -0.514. The van der Waals surface area contributed by atoms with E-state index in [1.54, 1.807) is 11.0 Å². The maximum absolute atomic E-state index is 13.3. The maximum Gasteiger partial charge on any atom is 0.407 e. The average Bonchev–Trinajstić information content (AvgIpc) is 3.24. The number of urea groups is 1. The number of ether oxygens (including phenoxy) is 1. The van der Waals surface area contributed by atoms with Crippen LogP contribution < -0.4 is 21.1 Å². The minimum absolute atomic E-state index is 0.0586. The number of aromatic amines is 1. The molecule has 2 aliphatic heterocycles. The summed E-state index contributed by atoms with van der Waals surface area (Å²) in [5, 5.41) is 11.6. The molecule has 10 nitrogen and oxygen atoms in total. The zero-order valence-corrected chi connectivity index (χ0v) is 18.5. The monoisotopic (exact) mass is 478 g/mol. The van der Waals surface area contributed by atoms with Crippen molar-refractivity contribution >= 4 is 35.1 Å². The number of piperidine rings is 1. The van der Waals surface area contributed by atoms with Crippen molar-refractivity contribution in [1.82, 2.24) is 20.4 Å². The molecule has 0 bridgehead atoms. The first kappa shape index (κ1) is 22.8. The lowest BCUT2D eigenvalue weighted by Gasteiger charge is -2.32. The predicted molar refractivity (Wildman–Crippen MR) is 120 cm³/mol. The van der Waals surface area contributed by atoms with E-state index in [4.69, 9.17) is 16.3 Å². The van der Waals surface area contributed by atoms with Gasteiger partial charge in [0.15, 0.2) is 0 Å². The van der Waals surface area contributed by atoms with Crippen molar-refractivity contribution in [2.24, 2.45) is 0 Å². The third kappa shape index (κ3) is 5.72. The maximum atomic E-state index is 13.3. The van der Waals surface area contributed by atoms with E-state index in [1.165, 1.54) is 24.4 Å². The van der Waals surface area contributed by atoms with Gasteiger partial charge >= 0.3 is 12.1 Å². The summed E-state index contributed by atoms with van der Waals surface area (Å²) in [6.45, 7) is 1.91. The van der Waals surface area contributed by atoms with Crippen LogP contribution in [-0.4, -0.2) is 65.5 Å². The van der Waals surface area contributed by atoms with Crippen LogP contribution in [0.3, 0.4) is 0 Å². The molecule has 3 amide bonds. The first-order chi connectivity index (χ1) is 15.9. The van der Waals surface area contributed by atoms with Crippen LogP contribution >= 0.6 is 11.6 Å². The van der Waals surface area contributed by atoms with Crippen LogP contribution in [0.2, 0.25) is 5.02 Å². The number of anilines is 2. The molecule has 2 fully saturated rings. The second-order valence-corrected chi connectivity index (χ2v) is 8.38. The molecule has 12 heteroatoms. The minimum Gasteiger partial charge on any atom is -0.444 e. The third-order valence-corrected chi connectivity index (χ3v) is 6.08. The number of carbonyl (C=O) groups is 2. The van der Waals surface area contributed by atoms with Gasteiger partial charge in [-0.05, 0) is 31.0 Å². The summed E-state index contributed by atoms with van der Waals surface area (Å²) >= 11 is 6.05. The van der Waals surface area contributed by atoms with Gasteiger partial charge in [0.2, 0.25) is 0 Å². The van der Waals surface area contributed by atoms with Crippen LogP contribution in [-0.2, 0) is 4.74 Å². The molecule has 4 rings (SSSR count). The number of rotatable bonds is 4. The topological polar surface area (TPSA) is 120 Å². The molecule has 3 N–H and O–H groups in total. The Hall–Kier alpha value is -3.34. The van der Waals surface area contributed by atoms with Gasteiger partial charge in [-0.15, -0.1) is 0 Å². The molecule has 0 saturated carbocycles. The van der Waals surface area contributed by atoms with Crippen LogP contribution in [0.25, 0.3) is 0 Å². The molecule has 1 atom stereocenters. The summed E-state index contributed by atoms with van der Waals surface area (Å²) in [4.78, 5) is 39.8. The van der Waals surface area contributed by atoms with E-state index in [9.17, 15) is 18.8 Å². The van der Waals surface area contributed by atoms with E-state index in [-0.39, 0.29) is 23.2 Å². The molecule has 3 heterocycles.